The molecule has 1 aliphatic heterocycles. The first-order chi connectivity index (χ1) is 15.1. The average Bonchev–Trinajstić information content (AvgIpc) is 3.32. The molecule has 1 aliphatic rings. The molecule has 2 amide bonds. The van der Waals surface area contributed by atoms with Crippen molar-refractivity contribution in [2.75, 3.05) is 20.3 Å². The molecule has 1 N–H and O–H groups in total. The number of hydrogen-bond acceptors (Lipinski definition) is 4. The van der Waals surface area contributed by atoms with Crippen LogP contribution in [0.5, 0.6) is 0 Å². The molecular formula is C24H23ClN2O3S. The highest BCUT2D eigenvalue weighted by Gasteiger charge is 2.44. The average molecular weight is 455 g/mol. The number of ether oxygens (including phenoxy) is 1. The van der Waals surface area contributed by atoms with Crippen LogP contribution in [0.25, 0.3) is 0 Å². The van der Waals surface area contributed by atoms with Crippen molar-refractivity contribution in [3.8, 4) is 0 Å². The lowest BCUT2D eigenvalue weighted by atomic mass is 9.81. The van der Waals surface area contributed by atoms with Crippen molar-refractivity contribution in [3.63, 3.8) is 0 Å². The molecule has 0 fully saturated rings. The van der Waals surface area contributed by atoms with E-state index in [0.717, 1.165) is 16.0 Å². The Bertz CT molecular complexity index is 1070. The Morgan fingerprint density at radius 2 is 1.90 bits per heavy atom. The van der Waals surface area contributed by atoms with Crippen molar-refractivity contribution in [2.24, 2.45) is 0 Å². The molecule has 2 atom stereocenters. The van der Waals surface area contributed by atoms with Crippen molar-refractivity contribution >= 4 is 34.8 Å². The van der Waals surface area contributed by atoms with Crippen molar-refractivity contribution in [1.82, 2.24) is 10.2 Å². The fourth-order valence-electron chi connectivity index (χ4n) is 4.02. The second-order valence-electron chi connectivity index (χ2n) is 7.33. The van der Waals surface area contributed by atoms with Gasteiger partial charge in [0.05, 0.1) is 18.6 Å². The highest BCUT2D eigenvalue weighted by atomic mass is 35.5. The zero-order chi connectivity index (χ0) is 21.8. The number of hydrogen-bond donors (Lipinski definition) is 1. The lowest BCUT2D eigenvalue weighted by Gasteiger charge is -2.41. The van der Waals surface area contributed by atoms with Gasteiger partial charge in [-0.05, 0) is 34.7 Å². The summed E-state index contributed by atoms with van der Waals surface area (Å²) in [5, 5.41) is 5.62. The Kier molecular flexibility index (Phi) is 6.70. The van der Waals surface area contributed by atoms with E-state index >= 15 is 0 Å². The Morgan fingerprint density at radius 3 is 2.65 bits per heavy atom. The van der Waals surface area contributed by atoms with Crippen LogP contribution in [0, 0.1) is 0 Å². The van der Waals surface area contributed by atoms with E-state index in [-0.39, 0.29) is 11.8 Å². The second kappa shape index (κ2) is 9.64. The number of rotatable bonds is 7. The van der Waals surface area contributed by atoms with Gasteiger partial charge in [0.1, 0.15) is 0 Å². The monoisotopic (exact) mass is 454 g/mol. The molecule has 0 aliphatic carbocycles. The predicted molar refractivity (Wildman–Crippen MR) is 122 cm³/mol. The predicted octanol–water partition coefficient (Wildman–Crippen LogP) is 4.65. The van der Waals surface area contributed by atoms with E-state index in [1.807, 2.05) is 53.9 Å². The molecule has 1 aromatic heterocycles. The fourth-order valence-corrected chi connectivity index (χ4v) is 5.10. The largest absolute Gasteiger partial charge is 0.383 e. The van der Waals surface area contributed by atoms with Crippen LogP contribution in [0.2, 0.25) is 5.02 Å². The van der Waals surface area contributed by atoms with Crippen molar-refractivity contribution in [1.29, 1.82) is 0 Å². The van der Waals surface area contributed by atoms with Crippen LogP contribution in [0.3, 0.4) is 0 Å². The Labute approximate surface area is 190 Å². The van der Waals surface area contributed by atoms with E-state index < -0.39 is 12.0 Å². The van der Waals surface area contributed by atoms with Crippen LogP contribution in [0.4, 0.5) is 0 Å². The molecular weight excluding hydrogens is 432 g/mol. The number of amides is 2. The fraction of sp³-hybridized carbons (Fsp3) is 0.250. The summed E-state index contributed by atoms with van der Waals surface area (Å²) in [6, 6.07) is 18.3. The van der Waals surface area contributed by atoms with Gasteiger partial charge in [-0.25, -0.2) is 0 Å². The maximum absolute atomic E-state index is 13.6. The SMILES string of the molecule is COCCN1C(=O)c2ccccc2[C@@H](C(=O)NCc2ccccc2Cl)[C@H]1c1cccs1. The highest BCUT2D eigenvalue weighted by molar-refractivity contribution is 7.10. The van der Waals surface area contributed by atoms with E-state index in [0.29, 0.717) is 30.3 Å². The molecule has 0 spiro atoms. The number of benzene rings is 2. The van der Waals surface area contributed by atoms with Crippen molar-refractivity contribution in [3.05, 3.63) is 92.6 Å². The number of halogens is 1. The molecule has 2 heterocycles. The summed E-state index contributed by atoms with van der Waals surface area (Å²) < 4.78 is 5.26. The van der Waals surface area contributed by atoms with Gasteiger partial charge in [-0.2, -0.15) is 0 Å². The molecule has 31 heavy (non-hydrogen) atoms. The number of fused-ring (bicyclic) bond motifs is 1. The van der Waals surface area contributed by atoms with Gasteiger partial charge in [0, 0.05) is 35.7 Å². The molecule has 3 aromatic rings. The van der Waals surface area contributed by atoms with Crippen LogP contribution in [-0.4, -0.2) is 37.0 Å². The maximum Gasteiger partial charge on any atom is 0.254 e. The van der Waals surface area contributed by atoms with Gasteiger partial charge in [0.25, 0.3) is 5.91 Å². The van der Waals surface area contributed by atoms with Gasteiger partial charge >= 0.3 is 0 Å². The molecule has 0 unspecified atom stereocenters. The Morgan fingerprint density at radius 1 is 1.13 bits per heavy atom. The summed E-state index contributed by atoms with van der Waals surface area (Å²) in [4.78, 5) is 29.6. The number of nitrogens with one attached hydrogen (secondary N) is 1. The van der Waals surface area contributed by atoms with Gasteiger partial charge in [-0.3, -0.25) is 9.59 Å². The van der Waals surface area contributed by atoms with E-state index in [1.54, 1.807) is 35.5 Å². The summed E-state index contributed by atoms with van der Waals surface area (Å²) in [5.74, 6) is -0.756. The normalized spacial score (nSPS) is 18.0. The Hall–Kier alpha value is -2.67. The number of nitrogens with zero attached hydrogens (tertiary/aromatic N) is 1. The summed E-state index contributed by atoms with van der Waals surface area (Å²) in [7, 11) is 1.61. The number of thiophene rings is 1. The van der Waals surface area contributed by atoms with Crippen molar-refractivity contribution in [2.45, 2.75) is 18.5 Å². The first kappa shape index (κ1) is 21.6. The first-order valence-corrected chi connectivity index (χ1v) is 11.3. The van der Waals surface area contributed by atoms with Crippen LogP contribution in [0.1, 0.15) is 38.3 Å². The van der Waals surface area contributed by atoms with Crippen molar-refractivity contribution < 1.29 is 14.3 Å². The highest BCUT2D eigenvalue weighted by Crippen LogP contribution is 2.44. The van der Waals surface area contributed by atoms with Crippen LogP contribution in [-0.2, 0) is 16.1 Å². The minimum absolute atomic E-state index is 0.0822. The van der Waals surface area contributed by atoms with Gasteiger partial charge < -0.3 is 15.0 Å². The molecule has 0 saturated carbocycles. The molecule has 5 nitrogen and oxygen atoms in total. The second-order valence-corrected chi connectivity index (χ2v) is 8.71. The quantitative estimate of drug-likeness (QED) is 0.565. The Balaban J connectivity index is 1.72. The summed E-state index contributed by atoms with van der Waals surface area (Å²) in [6.07, 6.45) is 0. The summed E-state index contributed by atoms with van der Waals surface area (Å²) in [6.45, 7) is 1.12. The zero-order valence-corrected chi connectivity index (χ0v) is 18.7. The standard InChI is InChI=1S/C24H23ClN2O3S/c1-30-13-12-27-22(20-11-6-14-31-20)21(17-8-3-4-9-18(17)24(27)29)23(28)26-15-16-7-2-5-10-19(16)25/h2-11,14,21-22H,12-13,15H2,1H3,(H,26,28)/t21-,22-/m1/s1. The molecule has 2 aromatic carbocycles. The van der Waals surface area contributed by atoms with E-state index in [4.69, 9.17) is 16.3 Å². The van der Waals surface area contributed by atoms with Crippen LogP contribution < -0.4 is 5.32 Å². The van der Waals surface area contributed by atoms with Gasteiger partial charge in [0.2, 0.25) is 5.91 Å². The third-order valence-corrected chi connectivity index (χ3v) is 6.81. The lowest BCUT2D eigenvalue weighted by molar-refractivity contribution is -0.124. The van der Waals surface area contributed by atoms with Gasteiger partial charge in [0.15, 0.2) is 0 Å². The third kappa shape index (κ3) is 4.37. The maximum atomic E-state index is 13.6. The number of carbonyl (C=O) groups excluding carboxylic acids is 2. The third-order valence-electron chi connectivity index (χ3n) is 5.50. The van der Waals surface area contributed by atoms with E-state index in [1.165, 1.54) is 0 Å². The lowest BCUT2D eigenvalue weighted by Crippen LogP contribution is -2.48. The molecule has 0 radical (unpaired) electrons. The number of methoxy groups -OCH3 is 1. The van der Waals surface area contributed by atoms with E-state index in [9.17, 15) is 9.59 Å². The summed E-state index contributed by atoms with van der Waals surface area (Å²) >= 11 is 7.81. The molecule has 160 valence electrons. The number of carbonyl (C=O) groups is 2. The minimum atomic E-state index is -0.535. The summed E-state index contributed by atoms with van der Waals surface area (Å²) in [5.41, 5.74) is 2.15. The zero-order valence-electron chi connectivity index (χ0n) is 17.1. The minimum Gasteiger partial charge on any atom is -0.383 e. The van der Waals surface area contributed by atoms with Crippen LogP contribution in [0.15, 0.2) is 66.0 Å². The molecule has 0 bridgehead atoms. The van der Waals surface area contributed by atoms with Crippen LogP contribution >= 0.6 is 22.9 Å². The topological polar surface area (TPSA) is 58.6 Å². The molecule has 7 heteroatoms. The first-order valence-electron chi connectivity index (χ1n) is 10.0. The van der Waals surface area contributed by atoms with E-state index in [2.05, 4.69) is 5.32 Å². The van der Waals surface area contributed by atoms with Gasteiger partial charge in [-0.1, -0.05) is 54.1 Å². The smallest absolute Gasteiger partial charge is 0.254 e. The molecule has 0 saturated heterocycles. The van der Waals surface area contributed by atoms with Gasteiger partial charge in [-0.15, -0.1) is 11.3 Å². The molecule has 4 rings (SSSR count).